The van der Waals surface area contributed by atoms with Crippen molar-refractivity contribution < 1.29 is 19.6 Å². The Bertz CT molecular complexity index is 252. The summed E-state index contributed by atoms with van der Waals surface area (Å²) < 4.78 is 5.59. The van der Waals surface area contributed by atoms with Gasteiger partial charge in [0.25, 0.3) is 0 Å². The van der Waals surface area contributed by atoms with Crippen molar-refractivity contribution >= 4 is 5.91 Å². The Morgan fingerprint density at radius 2 is 2.00 bits per heavy atom. The first-order valence-corrected chi connectivity index (χ1v) is 6.09. The molecule has 0 fully saturated rings. The van der Waals surface area contributed by atoms with Crippen LogP contribution >= 0.6 is 0 Å². The van der Waals surface area contributed by atoms with Gasteiger partial charge in [-0.15, -0.1) is 0 Å². The third-order valence-electron chi connectivity index (χ3n) is 2.64. The fraction of sp³-hybridized carbons (Fsp3) is 0.909. The Kier molecular flexibility index (Phi) is 8.23. The number of nitrogens with one attached hydrogen (secondary N) is 1. The van der Waals surface area contributed by atoms with Crippen molar-refractivity contribution in [3.63, 3.8) is 0 Å². The summed E-state index contributed by atoms with van der Waals surface area (Å²) in [6.45, 7) is 4.31. The third kappa shape index (κ3) is 6.51. The summed E-state index contributed by atoms with van der Waals surface area (Å²) in [5, 5.41) is 22.3. The van der Waals surface area contributed by atoms with Gasteiger partial charge < -0.3 is 15.2 Å². The second kappa shape index (κ2) is 8.82. The maximum atomic E-state index is 11.0. The van der Waals surface area contributed by atoms with E-state index < -0.39 is 23.6 Å². The number of aliphatic hydroxyl groups excluding tert-OH is 1. The number of amides is 1. The first-order valence-electron chi connectivity index (χ1n) is 6.09. The molecule has 0 aromatic carbocycles. The van der Waals surface area contributed by atoms with E-state index in [1.807, 2.05) is 13.8 Å². The molecule has 106 valence electrons. The van der Waals surface area contributed by atoms with Crippen molar-refractivity contribution in [2.45, 2.75) is 51.9 Å². The molecule has 0 aliphatic heterocycles. The van der Waals surface area contributed by atoms with E-state index in [1.54, 1.807) is 0 Å². The van der Waals surface area contributed by atoms with Crippen molar-refractivity contribution in [3.05, 3.63) is 10.1 Å². The predicted molar refractivity (Wildman–Crippen MR) is 65.8 cm³/mol. The standard InChI is InChI=1S/C11H22N2O5/c1-4-9(5-2)18-11(7-14)10(6-13(16)17)12-8(3)15/h9-11,14H,4-7H2,1-3H3,(H,12,15)/t10-,11-/m1/s1. The molecule has 0 aromatic rings. The summed E-state index contributed by atoms with van der Waals surface area (Å²) in [6.07, 6.45) is 0.658. The molecule has 1 amide bonds. The number of nitro groups is 1. The van der Waals surface area contributed by atoms with Crippen LogP contribution in [0, 0.1) is 10.1 Å². The van der Waals surface area contributed by atoms with Gasteiger partial charge in [0.2, 0.25) is 12.5 Å². The highest BCUT2D eigenvalue weighted by molar-refractivity contribution is 5.73. The van der Waals surface area contributed by atoms with Crippen LogP contribution in [0.5, 0.6) is 0 Å². The monoisotopic (exact) mass is 262 g/mol. The number of rotatable bonds is 9. The van der Waals surface area contributed by atoms with E-state index in [0.717, 1.165) is 12.8 Å². The van der Waals surface area contributed by atoms with Crippen LogP contribution in [0.3, 0.4) is 0 Å². The van der Waals surface area contributed by atoms with Gasteiger partial charge >= 0.3 is 0 Å². The molecule has 0 aliphatic rings. The van der Waals surface area contributed by atoms with Crippen LogP contribution in [-0.4, -0.2) is 47.3 Å². The minimum Gasteiger partial charge on any atom is -0.394 e. The Hall–Kier alpha value is -1.21. The minimum atomic E-state index is -0.817. The molecular formula is C11H22N2O5. The topological polar surface area (TPSA) is 102 Å². The van der Waals surface area contributed by atoms with Crippen LogP contribution in [0.2, 0.25) is 0 Å². The minimum absolute atomic E-state index is 0.0786. The lowest BCUT2D eigenvalue weighted by Crippen LogP contribution is -2.50. The summed E-state index contributed by atoms with van der Waals surface area (Å²) >= 11 is 0. The zero-order valence-electron chi connectivity index (χ0n) is 11.1. The van der Waals surface area contributed by atoms with E-state index in [0.29, 0.717) is 0 Å². The highest BCUT2D eigenvalue weighted by Crippen LogP contribution is 2.10. The molecule has 0 aliphatic carbocycles. The van der Waals surface area contributed by atoms with Gasteiger partial charge in [0.15, 0.2) is 0 Å². The molecule has 7 heteroatoms. The average molecular weight is 262 g/mol. The largest absolute Gasteiger partial charge is 0.394 e. The Labute approximate surface area is 107 Å². The number of nitrogens with zero attached hydrogens (tertiary/aromatic N) is 1. The molecule has 0 spiro atoms. The number of hydrogen-bond donors (Lipinski definition) is 2. The van der Waals surface area contributed by atoms with Gasteiger partial charge in [0.05, 0.1) is 12.7 Å². The quantitative estimate of drug-likeness (QED) is 0.460. The highest BCUT2D eigenvalue weighted by atomic mass is 16.6. The summed E-state index contributed by atoms with van der Waals surface area (Å²) in [6, 6.07) is -0.817. The zero-order chi connectivity index (χ0) is 14.1. The first kappa shape index (κ1) is 16.8. The van der Waals surface area contributed by atoms with E-state index in [-0.39, 0.29) is 18.6 Å². The van der Waals surface area contributed by atoms with Gasteiger partial charge in [-0.05, 0) is 12.8 Å². The summed E-state index contributed by atoms with van der Waals surface area (Å²) in [7, 11) is 0. The molecule has 0 unspecified atom stereocenters. The third-order valence-corrected chi connectivity index (χ3v) is 2.64. The van der Waals surface area contributed by atoms with Gasteiger partial charge in [-0.1, -0.05) is 13.8 Å². The van der Waals surface area contributed by atoms with Crippen molar-refractivity contribution in [1.29, 1.82) is 0 Å². The van der Waals surface area contributed by atoms with Crippen LogP contribution in [0.1, 0.15) is 33.6 Å². The molecular weight excluding hydrogens is 240 g/mol. The molecule has 0 bridgehead atoms. The van der Waals surface area contributed by atoms with Gasteiger partial charge in [0.1, 0.15) is 12.1 Å². The lowest BCUT2D eigenvalue weighted by Gasteiger charge is -2.27. The van der Waals surface area contributed by atoms with E-state index in [1.165, 1.54) is 6.92 Å². The molecule has 0 rings (SSSR count). The Morgan fingerprint density at radius 1 is 1.44 bits per heavy atom. The summed E-state index contributed by atoms with van der Waals surface area (Å²) in [5.74, 6) is -0.381. The van der Waals surface area contributed by atoms with Gasteiger partial charge in [-0.3, -0.25) is 14.9 Å². The summed E-state index contributed by atoms with van der Waals surface area (Å²) in [4.78, 5) is 21.0. The summed E-state index contributed by atoms with van der Waals surface area (Å²) in [5.41, 5.74) is 0. The SMILES string of the molecule is CCC(CC)O[C@H](CO)[C@@H](C[N+](=O)[O-])NC(C)=O. The number of hydrogen-bond acceptors (Lipinski definition) is 5. The van der Waals surface area contributed by atoms with Crippen LogP contribution in [0.4, 0.5) is 0 Å². The zero-order valence-corrected chi connectivity index (χ0v) is 11.1. The molecule has 0 saturated heterocycles. The van der Waals surface area contributed by atoms with Crippen molar-refractivity contribution in [3.8, 4) is 0 Å². The molecule has 2 atom stereocenters. The molecule has 18 heavy (non-hydrogen) atoms. The predicted octanol–water partition coefficient (Wildman–Crippen LogP) is 0.334. The highest BCUT2D eigenvalue weighted by Gasteiger charge is 2.29. The van der Waals surface area contributed by atoms with E-state index >= 15 is 0 Å². The Morgan fingerprint density at radius 3 is 2.33 bits per heavy atom. The van der Waals surface area contributed by atoms with Gasteiger partial charge in [-0.2, -0.15) is 0 Å². The van der Waals surface area contributed by atoms with Crippen molar-refractivity contribution in [2.24, 2.45) is 0 Å². The fourth-order valence-corrected chi connectivity index (χ4v) is 1.67. The second-order valence-electron chi connectivity index (χ2n) is 4.12. The second-order valence-corrected chi connectivity index (χ2v) is 4.12. The molecule has 7 nitrogen and oxygen atoms in total. The lowest BCUT2D eigenvalue weighted by atomic mass is 10.1. The number of carbonyl (C=O) groups excluding carboxylic acids is 1. The van der Waals surface area contributed by atoms with E-state index in [9.17, 15) is 20.0 Å². The lowest BCUT2D eigenvalue weighted by molar-refractivity contribution is -0.485. The molecule has 0 radical (unpaired) electrons. The average Bonchev–Trinajstić information content (AvgIpc) is 2.28. The van der Waals surface area contributed by atoms with E-state index in [2.05, 4.69) is 5.32 Å². The van der Waals surface area contributed by atoms with Gasteiger partial charge in [-0.25, -0.2) is 0 Å². The Balaban J connectivity index is 4.67. The van der Waals surface area contributed by atoms with Gasteiger partial charge in [0, 0.05) is 11.8 Å². The maximum Gasteiger partial charge on any atom is 0.226 e. The van der Waals surface area contributed by atoms with Crippen LogP contribution < -0.4 is 5.32 Å². The molecule has 0 heterocycles. The maximum absolute atomic E-state index is 11.0. The van der Waals surface area contributed by atoms with Crippen LogP contribution in [0.25, 0.3) is 0 Å². The smallest absolute Gasteiger partial charge is 0.226 e. The normalized spacial score (nSPS) is 14.3. The first-order chi connectivity index (χ1) is 8.44. The molecule has 0 aromatic heterocycles. The fourth-order valence-electron chi connectivity index (χ4n) is 1.67. The van der Waals surface area contributed by atoms with Crippen molar-refractivity contribution in [1.82, 2.24) is 5.32 Å². The molecule has 0 saturated carbocycles. The number of ether oxygens (including phenoxy) is 1. The van der Waals surface area contributed by atoms with Crippen LogP contribution in [0.15, 0.2) is 0 Å². The van der Waals surface area contributed by atoms with E-state index in [4.69, 9.17) is 4.74 Å². The van der Waals surface area contributed by atoms with Crippen molar-refractivity contribution in [2.75, 3.05) is 13.2 Å². The number of carbonyl (C=O) groups is 1. The molecule has 2 N–H and O–H groups in total. The number of aliphatic hydroxyl groups is 1. The van der Waals surface area contributed by atoms with Crippen LogP contribution in [-0.2, 0) is 9.53 Å².